The molecule has 2 aromatic carbocycles. The third-order valence-electron chi connectivity index (χ3n) is 5.03. The smallest absolute Gasteiger partial charge is 0.251 e. The molecule has 7 heteroatoms. The van der Waals surface area contributed by atoms with Crippen molar-refractivity contribution in [3.05, 3.63) is 59.2 Å². The van der Waals surface area contributed by atoms with Gasteiger partial charge < -0.3 is 10.1 Å². The number of hydrogen-bond acceptors (Lipinski definition) is 4. The maximum Gasteiger partial charge on any atom is 0.251 e. The molecule has 1 aliphatic rings. The molecular weight excluding hydrogens is 388 g/mol. The lowest BCUT2D eigenvalue weighted by molar-refractivity contribution is 0.0619. The highest BCUT2D eigenvalue weighted by Crippen LogP contribution is 2.40. The summed E-state index contributed by atoms with van der Waals surface area (Å²) in [5.74, 6) is 0.591. The number of aryl methyl sites for hydroxylation is 1. The van der Waals surface area contributed by atoms with Gasteiger partial charge in [0.15, 0.2) is 0 Å². The molecule has 1 atom stereocenters. The summed E-state index contributed by atoms with van der Waals surface area (Å²) in [6.07, 6.45) is 1.83. The van der Waals surface area contributed by atoms with Crippen molar-refractivity contribution in [2.24, 2.45) is 0 Å². The number of nitrogens with one attached hydrogen (secondary N) is 1. The van der Waals surface area contributed by atoms with E-state index in [1.807, 2.05) is 39.0 Å². The van der Waals surface area contributed by atoms with Crippen molar-refractivity contribution in [2.45, 2.75) is 45.8 Å². The Morgan fingerprint density at radius 3 is 2.45 bits per heavy atom. The van der Waals surface area contributed by atoms with Crippen molar-refractivity contribution in [2.75, 3.05) is 17.1 Å². The van der Waals surface area contributed by atoms with E-state index in [1.54, 1.807) is 31.2 Å². The first kappa shape index (κ1) is 21.2. The van der Waals surface area contributed by atoms with Gasteiger partial charge in [-0.15, -0.1) is 0 Å². The van der Waals surface area contributed by atoms with Crippen LogP contribution in [-0.4, -0.2) is 32.7 Å². The Balaban J connectivity index is 1.83. The number of benzene rings is 2. The lowest BCUT2D eigenvalue weighted by atomic mass is 9.88. The van der Waals surface area contributed by atoms with Gasteiger partial charge in [0.25, 0.3) is 5.91 Å². The van der Waals surface area contributed by atoms with E-state index in [1.165, 1.54) is 10.6 Å². The van der Waals surface area contributed by atoms with E-state index >= 15 is 0 Å². The van der Waals surface area contributed by atoms with E-state index in [2.05, 4.69) is 5.32 Å². The molecule has 1 heterocycles. The topological polar surface area (TPSA) is 75.7 Å². The quantitative estimate of drug-likeness (QED) is 0.804. The average Bonchev–Trinajstić information content (AvgIpc) is 2.61. The van der Waals surface area contributed by atoms with E-state index < -0.39 is 10.0 Å². The van der Waals surface area contributed by atoms with Gasteiger partial charge in [0.1, 0.15) is 11.4 Å². The molecule has 0 bridgehead atoms. The second-order valence-electron chi connectivity index (χ2n) is 8.11. The molecule has 2 aromatic rings. The Kier molecular flexibility index (Phi) is 5.63. The second-order valence-corrected chi connectivity index (χ2v) is 10.0. The van der Waals surface area contributed by atoms with Crippen molar-refractivity contribution >= 4 is 21.6 Å². The Bertz CT molecular complexity index is 1010. The van der Waals surface area contributed by atoms with E-state index in [9.17, 15) is 13.2 Å². The first-order valence-corrected chi connectivity index (χ1v) is 11.5. The maximum atomic E-state index is 12.9. The standard InChI is InChI=1S/C22H28N2O4S/c1-6-24(29(5,26)27)17-10-8-16(9-11-17)21(25)23-19-14-22(3,4)28-20-12-7-15(2)13-18(19)20/h7-13,19H,6,14H2,1-5H3,(H,23,25)/t19-/m1/s1. The van der Waals surface area contributed by atoms with Gasteiger partial charge in [-0.2, -0.15) is 0 Å². The molecule has 3 rings (SSSR count). The summed E-state index contributed by atoms with van der Waals surface area (Å²) in [4.78, 5) is 12.9. The van der Waals surface area contributed by atoms with Crippen molar-refractivity contribution in [1.29, 1.82) is 0 Å². The Morgan fingerprint density at radius 1 is 1.21 bits per heavy atom. The minimum Gasteiger partial charge on any atom is -0.487 e. The van der Waals surface area contributed by atoms with Crippen LogP contribution < -0.4 is 14.4 Å². The highest BCUT2D eigenvalue weighted by atomic mass is 32.2. The number of fused-ring (bicyclic) bond motifs is 1. The van der Waals surface area contributed by atoms with E-state index in [0.29, 0.717) is 24.2 Å². The van der Waals surface area contributed by atoms with Gasteiger partial charge in [-0.3, -0.25) is 9.10 Å². The molecule has 1 N–H and O–H groups in total. The number of carbonyl (C=O) groups is 1. The number of anilines is 1. The Morgan fingerprint density at radius 2 is 1.86 bits per heavy atom. The van der Waals surface area contributed by atoms with Crippen molar-refractivity contribution in [3.8, 4) is 5.75 Å². The molecule has 0 aromatic heterocycles. The van der Waals surface area contributed by atoms with Crippen LogP contribution in [-0.2, 0) is 10.0 Å². The third kappa shape index (κ3) is 4.72. The first-order valence-electron chi connectivity index (χ1n) is 9.68. The number of hydrogen-bond donors (Lipinski definition) is 1. The molecular formula is C22H28N2O4S. The fraction of sp³-hybridized carbons (Fsp3) is 0.409. The van der Waals surface area contributed by atoms with E-state index in [4.69, 9.17) is 4.74 Å². The summed E-state index contributed by atoms with van der Waals surface area (Å²) in [5, 5.41) is 3.12. The van der Waals surface area contributed by atoms with Crippen LogP contribution in [0.3, 0.4) is 0 Å². The van der Waals surface area contributed by atoms with Crippen LogP contribution in [0.15, 0.2) is 42.5 Å². The number of carbonyl (C=O) groups excluding carboxylic acids is 1. The normalized spacial score (nSPS) is 17.8. The minimum atomic E-state index is -3.36. The molecule has 156 valence electrons. The van der Waals surface area contributed by atoms with Gasteiger partial charge >= 0.3 is 0 Å². The third-order valence-corrected chi connectivity index (χ3v) is 6.30. The van der Waals surface area contributed by atoms with Gasteiger partial charge in [-0.1, -0.05) is 17.7 Å². The predicted octanol–water partition coefficient (Wildman–Crippen LogP) is 3.81. The lowest BCUT2D eigenvalue weighted by Gasteiger charge is -2.38. The summed E-state index contributed by atoms with van der Waals surface area (Å²) in [6, 6.07) is 12.5. The zero-order chi connectivity index (χ0) is 21.4. The van der Waals surface area contributed by atoms with Crippen molar-refractivity contribution < 1.29 is 17.9 Å². The molecule has 0 spiro atoms. The molecule has 0 fully saturated rings. The molecule has 1 aliphatic heterocycles. The highest BCUT2D eigenvalue weighted by molar-refractivity contribution is 7.92. The van der Waals surface area contributed by atoms with Gasteiger partial charge in [0.05, 0.1) is 18.0 Å². The summed E-state index contributed by atoms with van der Waals surface area (Å²) in [5.41, 5.74) is 2.72. The van der Waals surface area contributed by atoms with Crippen LogP contribution in [0.25, 0.3) is 0 Å². The lowest BCUT2D eigenvalue weighted by Crippen LogP contribution is -2.41. The van der Waals surface area contributed by atoms with E-state index in [0.717, 1.165) is 16.9 Å². The Hall–Kier alpha value is -2.54. The molecule has 0 saturated heterocycles. The van der Waals surface area contributed by atoms with Gasteiger partial charge in [-0.05, 0) is 58.0 Å². The van der Waals surface area contributed by atoms with Gasteiger partial charge in [0, 0.05) is 24.1 Å². The molecule has 6 nitrogen and oxygen atoms in total. The maximum absolute atomic E-state index is 12.9. The average molecular weight is 417 g/mol. The van der Waals surface area contributed by atoms with Crippen LogP contribution in [0, 0.1) is 6.92 Å². The number of rotatable bonds is 5. The fourth-order valence-corrected chi connectivity index (χ4v) is 4.71. The molecule has 0 aliphatic carbocycles. The first-order chi connectivity index (χ1) is 13.5. The molecule has 29 heavy (non-hydrogen) atoms. The second kappa shape index (κ2) is 7.71. The van der Waals surface area contributed by atoms with Crippen molar-refractivity contribution in [3.63, 3.8) is 0 Å². The van der Waals surface area contributed by atoms with Gasteiger partial charge in [0.2, 0.25) is 10.0 Å². The predicted molar refractivity (Wildman–Crippen MR) is 115 cm³/mol. The Labute approximate surface area is 172 Å². The largest absolute Gasteiger partial charge is 0.487 e. The fourth-order valence-electron chi connectivity index (χ4n) is 3.73. The van der Waals surface area contributed by atoms with Crippen LogP contribution >= 0.6 is 0 Å². The number of sulfonamides is 1. The van der Waals surface area contributed by atoms with Crippen LogP contribution in [0.1, 0.15) is 54.7 Å². The highest BCUT2D eigenvalue weighted by Gasteiger charge is 2.34. The van der Waals surface area contributed by atoms with Crippen molar-refractivity contribution in [1.82, 2.24) is 5.32 Å². The van der Waals surface area contributed by atoms with E-state index in [-0.39, 0.29) is 17.6 Å². The molecule has 0 radical (unpaired) electrons. The van der Waals surface area contributed by atoms with Crippen LogP contribution in [0.2, 0.25) is 0 Å². The summed E-state index contributed by atoms with van der Waals surface area (Å²) in [6.45, 7) is 8.13. The van der Waals surface area contributed by atoms with Crippen LogP contribution in [0.4, 0.5) is 5.69 Å². The summed E-state index contributed by atoms with van der Waals surface area (Å²) >= 11 is 0. The minimum absolute atomic E-state index is 0.163. The zero-order valence-electron chi connectivity index (χ0n) is 17.5. The zero-order valence-corrected chi connectivity index (χ0v) is 18.3. The molecule has 0 saturated carbocycles. The summed E-state index contributed by atoms with van der Waals surface area (Å²) in [7, 11) is -3.36. The summed E-state index contributed by atoms with van der Waals surface area (Å²) < 4.78 is 31.1. The van der Waals surface area contributed by atoms with Crippen LogP contribution in [0.5, 0.6) is 5.75 Å². The number of nitrogens with zero attached hydrogens (tertiary/aromatic N) is 1. The molecule has 1 amide bonds. The monoisotopic (exact) mass is 416 g/mol. The SMILES string of the molecule is CCN(c1ccc(C(=O)N[C@@H]2CC(C)(C)Oc3ccc(C)cc32)cc1)S(C)(=O)=O. The number of amides is 1. The number of ether oxygens (including phenoxy) is 1. The molecule has 0 unspecified atom stereocenters. The van der Waals surface area contributed by atoms with Gasteiger partial charge in [-0.25, -0.2) is 8.42 Å².